The van der Waals surface area contributed by atoms with Gasteiger partial charge in [0.25, 0.3) is 5.56 Å². The summed E-state index contributed by atoms with van der Waals surface area (Å²) in [5.41, 5.74) is 1.92. The molecule has 0 aliphatic rings. The van der Waals surface area contributed by atoms with E-state index in [1.807, 2.05) is 38.1 Å². The van der Waals surface area contributed by atoms with E-state index in [1.54, 1.807) is 4.57 Å². The van der Waals surface area contributed by atoms with Gasteiger partial charge in [-0.1, -0.05) is 18.2 Å². The molecule has 3 heteroatoms. The lowest BCUT2D eigenvalue weighted by Gasteiger charge is -2.10. The Bertz CT molecular complexity index is 543. The average molecular weight is 200 g/mol. The number of benzene rings is 1. The highest BCUT2D eigenvalue weighted by Crippen LogP contribution is 2.11. The maximum Gasteiger partial charge on any atom is 0.258 e. The molecule has 3 nitrogen and oxygen atoms in total. The molecule has 1 aromatic heterocycles. The highest BCUT2D eigenvalue weighted by Gasteiger charge is 2.04. The van der Waals surface area contributed by atoms with Crippen LogP contribution in [0.3, 0.4) is 0 Å². The van der Waals surface area contributed by atoms with Crippen molar-refractivity contribution in [2.24, 2.45) is 0 Å². The summed E-state index contributed by atoms with van der Waals surface area (Å²) in [6.07, 6.45) is 1.53. The highest BCUT2D eigenvalue weighted by atomic mass is 16.1. The van der Waals surface area contributed by atoms with E-state index in [-0.39, 0.29) is 5.56 Å². The maximum absolute atomic E-state index is 11.7. The van der Waals surface area contributed by atoms with E-state index in [4.69, 9.17) is 0 Å². The lowest BCUT2D eigenvalue weighted by molar-refractivity contribution is 0.864. The van der Waals surface area contributed by atoms with Crippen LogP contribution >= 0.6 is 0 Å². The van der Waals surface area contributed by atoms with Crippen LogP contribution in [-0.4, -0.2) is 9.55 Å². The van der Waals surface area contributed by atoms with Gasteiger partial charge in [-0.2, -0.15) is 0 Å². The van der Waals surface area contributed by atoms with Crippen LogP contribution < -0.4 is 5.56 Å². The van der Waals surface area contributed by atoms with E-state index in [1.165, 1.54) is 12.3 Å². The summed E-state index contributed by atoms with van der Waals surface area (Å²) in [6.45, 7) is 3.81. The normalized spacial score (nSPS) is 10.3. The zero-order chi connectivity index (χ0) is 10.8. The van der Waals surface area contributed by atoms with Crippen molar-refractivity contribution in [3.8, 4) is 5.69 Å². The molecule has 76 valence electrons. The van der Waals surface area contributed by atoms with Gasteiger partial charge in [-0.05, 0) is 25.5 Å². The van der Waals surface area contributed by atoms with Crippen LogP contribution in [-0.2, 0) is 0 Å². The molecule has 0 saturated heterocycles. The zero-order valence-corrected chi connectivity index (χ0v) is 8.77. The van der Waals surface area contributed by atoms with Crippen molar-refractivity contribution in [3.63, 3.8) is 0 Å². The Kier molecular flexibility index (Phi) is 2.37. The number of hydrogen-bond acceptors (Lipinski definition) is 2. The Morgan fingerprint density at radius 3 is 2.53 bits per heavy atom. The fraction of sp³-hybridized carbons (Fsp3) is 0.167. The minimum Gasteiger partial charge on any atom is -0.269 e. The average Bonchev–Trinajstić information content (AvgIpc) is 2.20. The van der Waals surface area contributed by atoms with Gasteiger partial charge in [0.15, 0.2) is 0 Å². The van der Waals surface area contributed by atoms with Crippen LogP contribution in [0, 0.1) is 13.8 Å². The number of aromatic nitrogens is 2. The molecule has 2 aromatic rings. The predicted octanol–water partition coefficient (Wildman–Crippen LogP) is 1.85. The SMILES string of the molecule is Cc1ccccc1-n1c(C)nccc1=O. The molecular formula is C12H12N2O. The first kappa shape index (κ1) is 9.65. The molecule has 0 aliphatic carbocycles. The molecule has 0 bridgehead atoms. The lowest BCUT2D eigenvalue weighted by Crippen LogP contribution is -2.21. The van der Waals surface area contributed by atoms with E-state index in [2.05, 4.69) is 4.98 Å². The Labute approximate surface area is 88.0 Å². The molecule has 0 unspecified atom stereocenters. The van der Waals surface area contributed by atoms with Crippen molar-refractivity contribution in [1.82, 2.24) is 9.55 Å². The molecule has 2 rings (SSSR count). The Hall–Kier alpha value is -1.90. The van der Waals surface area contributed by atoms with Gasteiger partial charge < -0.3 is 0 Å². The summed E-state index contributed by atoms with van der Waals surface area (Å²) >= 11 is 0. The smallest absolute Gasteiger partial charge is 0.258 e. The second-order valence-electron chi connectivity index (χ2n) is 3.45. The second kappa shape index (κ2) is 3.69. The molecule has 0 radical (unpaired) electrons. The van der Waals surface area contributed by atoms with Gasteiger partial charge in [-0.3, -0.25) is 9.36 Å². The topological polar surface area (TPSA) is 34.9 Å². The maximum atomic E-state index is 11.7. The highest BCUT2D eigenvalue weighted by molar-refractivity contribution is 5.40. The Morgan fingerprint density at radius 2 is 1.87 bits per heavy atom. The zero-order valence-electron chi connectivity index (χ0n) is 8.77. The van der Waals surface area contributed by atoms with Crippen molar-refractivity contribution in [2.45, 2.75) is 13.8 Å². The first-order chi connectivity index (χ1) is 7.20. The number of rotatable bonds is 1. The van der Waals surface area contributed by atoms with Gasteiger partial charge in [0.1, 0.15) is 5.82 Å². The van der Waals surface area contributed by atoms with Crippen molar-refractivity contribution in [1.29, 1.82) is 0 Å². The van der Waals surface area contributed by atoms with E-state index in [0.29, 0.717) is 5.82 Å². The minimum absolute atomic E-state index is 0.0446. The lowest BCUT2D eigenvalue weighted by atomic mass is 10.2. The quantitative estimate of drug-likeness (QED) is 0.704. The van der Waals surface area contributed by atoms with Crippen LogP contribution in [0.2, 0.25) is 0 Å². The van der Waals surface area contributed by atoms with Gasteiger partial charge in [0.05, 0.1) is 5.69 Å². The van der Waals surface area contributed by atoms with Crippen LogP contribution in [0.25, 0.3) is 5.69 Å². The summed E-state index contributed by atoms with van der Waals surface area (Å²) in [4.78, 5) is 15.8. The predicted molar refractivity (Wildman–Crippen MR) is 59.3 cm³/mol. The molecule has 1 heterocycles. The van der Waals surface area contributed by atoms with Crippen LogP contribution in [0.1, 0.15) is 11.4 Å². The monoisotopic (exact) mass is 200 g/mol. The molecule has 0 fully saturated rings. The fourth-order valence-corrected chi connectivity index (χ4v) is 1.61. The third-order valence-corrected chi connectivity index (χ3v) is 2.38. The molecule has 15 heavy (non-hydrogen) atoms. The molecular weight excluding hydrogens is 188 g/mol. The van der Waals surface area contributed by atoms with Crippen LogP contribution in [0.4, 0.5) is 0 Å². The number of hydrogen-bond donors (Lipinski definition) is 0. The standard InChI is InChI=1S/C12H12N2O/c1-9-5-3-4-6-11(9)14-10(2)13-8-7-12(14)15/h3-8H,1-2H3. The summed E-state index contributed by atoms with van der Waals surface area (Å²) in [5, 5.41) is 0. The second-order valence-corrected chi connectivity index (χ2v) is 3.45. The summed E-state index contributed by atoms with van der Waals surface area (Å²) in [5.74, 6) is 0.705. The summed E-state index contributed by atoms with van der Waals surface area (Å²) in [7, 11) is 0. The van der Waals surface area contributed by atoms with Crippen molar-refractivity contribution >= 4 is 0 Å². The summed E-state index contributed by atoms with van der Waals surface area (Å²) in [6, 6.07) is 9.25. The van der Waals surface area contributed by atoms with Crippen molar-refractivity contribution in [3.05, 3.63) is 58.3 Å². The largest absolute Gasteiger partial charge is 0.269 e. The van der Waals surface area contributed by atoms with Crippen molar-refractivity contribution in [2.75, 3.05) is 0 Å². The van der Waals surface area contributed by atoms with Crippen molar-refractivity contribution < 1.29 is 0 Å². The first-order valence-corrected chi connectivity index (χ1v) is 4.81. The van der Waals surface area contributed by atoms with Crippen LogP contribution in [0.15, 0.2) is 41.3 Å². The van der Waals surface area contributed by atoms with Gasteiger partial charge in [0.2, 0.25) is 0 Å². The minimum atomic E-state index is -0.0446. The first-order valence-electron chi connectivity index (χ1n) is 4.81. The number of nitrogens with zero attached hydrogens (tertiary/aromatic N) is 2. The molecule has 0 amide bonds. The summed E-state index contributed by atoms with van der Waals surface area (Å²) < 4.78 is 1.62. The molecule has 0 spiro atoms. The fourth-order valence-electron chi connectivity index (χ4n) is 1.61. The molecule has 0 atom stereocenters. The van der Waals surface area contributed by atoms with E-state index < -0.39 is 0 Å². The molecule has 0 aliphatic heterocycles. The Morgan fingerprint density at radius 1 is 1.13 bits per heavy atom. The number of para-hydroxylation sites is 1. The van der Waals surface area contributed by atoms with Gasteiger partial charge >= 0.3 is 0 Å². The van der Waals surface area contributed by atoms with E-state index >= 15 is 0 Å². The van der Waals surface area contributed by atoms with Gasteiger partial charge in [-0.15, -0.1) is 0 Å². The van der Waals surface area contributed by atoms with Crippen LogP contribution in [0.5, 0.6) is 0 Å². The third-order valence-electron chi connectivity index (χ3n) is 2.38. The van der Waals surface area contributed by atoms with Gasteiger partial charge in [0, 0.05) is 12.3 Å². The molecule has 0 N–H and O–H groups in total. The van der Waals surface area contributed by atoms with E-state index in [9.17, 15) is 4.79 Å². The molecule has 1 aromatic carbocycles. The van der Waals surface area contributed by atoms with E-state index in [0.717, 1.165) is 11.3 Å². The third kappa shape index (κ3) is 1.68. The Balaban J connectivity index is 2.75. The number of aryl methyl sites for hydroxylation is 2. The molecule has 0 saturated carbocycles. The van der Waals surface area contributed by atoms with Gasteiger partial charge in [-0.25, -0.2) is 4.98 Å².